The van der Waals surface area contributed by atoms with Crippen molar-refractivity contribution in [1.82, 2.24) is 10.6 Å². The Morgan fingerprint density at radius 3 is 2.58 bits per heavy atom. The normalized spacial score (nSPS) is 16.1. The maximum absolute atomic E-state index is 12.9. The highest BCUT2D eigenvalue weighted by molar-refractivity contribution is 6.10. The Labute approximate surface area is 149 Å². The standard InChI is InChI=1S/C19H18FN3O3/c20-13-7-5-12(6-8-13)9-10-21-17(24)11-16-19(26)22-15-4-2-1-3-14(15)18(25)23-16/h1-8,16H,9-11H2,(H,21,24)(H,22,26)(H,23,25)/t16-/m0/s1. The van der Waals surface area contributed by atoms with Crippen molar-refractivity contribution in [3.05, 3.63) is 65.5 Å². The molecule has 26 heavy (non-hydrogen) atoms. The lowest BCUT2D eigenvalue weighted by atomic mass is 10.1. The molecule has 2 aromatic carbocycles. The molecule has 0 bridgehead atoms. The number of carbonyl (C=O) groups excluding carboxylic acids is 3. The molecule has 0 radical (unpaired) electrons. The summed E-state index contributed by atoms with van der Waals surface area (Å²) < 4.78 is 12.9. The third-order valence-corrected chi connectivity index (χ3v) is 4.09. The van der Waals surface area contributed by atoms with Gasteiger partial charge in [0, 0.05) is 6.54 Å². The first-order valence-electron chi connectivity index (χ1n) is 8.25. The summed E-state index contributed by atoms with van der Waals surface area (Å²) in [6.45, 7) is 0.354. The van der Waals surface area contributed by atoms with Crippen LogP contribution in [-0.4, -0.2) is 30.3 Å². The molecule has 0 unspecified atom stereocenters. The van der Waals surface area contributed by atoms with Gasteiger partial charge in [0.1, 0.15) is 11.9 Å². The largest absolute Gasteiger partial charge is 0.356 e. The van der Waals surface area contributed by atoms with Crippen LogP contribution in [0.3, 0.4) is 0 Å². The fourth-order valence-electron chi connectivity index (χ4n) is 2.71. The number of carbonyl (C=O) groups is 3. The van der Waals surface area contributed by atoms with Gasteiger partial charge in [-0.05, 0) is 36.2 Å². The summed E-state index contributed by atoms with van der Waals surface area (Å²) in [5.74, 6) is -1.49. The van der Waals surface area contributed by atoms with E-state index in [2.05, 4.69) is 16.0 Å². The Morgan fingerprint density at radius 2 is 1.81 bits per heavy atom. The Bertz CT molecular complexity index is 836. The average molecular weight is 355 g/mol. The van der Waals surface area contributed by atoms with E-state index in [4.69, 9.17) is 0 Å². The monoisotopic (exact) mass is 355 g/mol. The lowest BCUT2D eigenvalue weighted by Gasteiger charge is -2.14. The number of anilines is 1. The van der Waals surface area contributed by atoms with Crippen molar-refractivity contribution in [2.75, 3.05) is 11.9 Å². The van der Waals surface area contributed by atoms with Crippen molar-refractivity contribution in [3.8, 4) is 0 Å². The lowest BCUT2D eigenvalue weighted by Crippen LogP contribution is -2.44. The average Bonchev–Trinajstić information content (AvgIpc) is 2.74. The lowest BCUT2D eigenvalue weighted by molar-refractivity contribution is -0.125. The van der Waals surface area contributed by atoms with Crippen molar-refractivity contribution in [3.63, 3.8) is 0 Å². The van der Waals surface area contributed by atoms with Crippen LogP contribution in [0, 0.1) is 5.82 Å². The second-order valence-electron chi connectivity index (χ2n) is 5.99. The summed E-state index contributed by atoms with van der Waals surface area (Å²) in [6, 6.07) is 11.7. The van der Waals surface area contributed by atoms with E-state index < -0.39 is 17.9 Å². The number of para-hydroxylation sites is 1. The minimum Gasteiger partial charge on any atom is -0.356 e. The molecule has 0 aliphatic carbocycles. The third kappa shape index (κ3) is 4.24. The van der Waals surface area contributed by atoms with Crippen molar-refractivity contribution < 1.29 is 18.8 Å². The van der Waals surface area contributed by atoms with E-state index in [1.54, 1.807) is 36.4 Å². The molecule has 0 saturated carbocycles. The van der Waals surface area contributed by atoms with Gasteiger partial charge in [-0.3, -0.25) is 14.4 Å². The second kappa shape index (κ2) is 7.77. The predicted molar refractivity (Wildman–Crippen MR) is 94.1 cm³/mol. The van der Waals surface area contributed by atoms with Crippen LogP contribution >= 0.6 is 0 Å². The number of rotatable bonds is 5. The van der Waals surface area contributed by atoms with Crippen LogP contribution in [0.2, 0.25) is 0 Å². The molecular weight excluding hydrogens is 337 g/mol. The molecule has 2 aromatic rings. The number of amides is 3. The molecule has 1 heterocycles. The van der Waals surface area contributed by atoms with Crippen LogP contribution in [-0.2, 0) is 16.0 Å². The highest BCUT2D eigenvalue weighted by Crippen LogP contribution is 2.18. The topological polar surface area (TPSA) is 87.3 Å². The van der Waals surface area contributed by atoms with Gasteiger partial charge in [0.2, 0.25) is 11.8 Å². The van der Waals surface area contributed by atoms with Crippen molar-refractivity contribution >= 4 is 23.4 Å². The van der Waals surface area contributed by atoms with Gasteiger partial charge in [-0.1, -0.05) is 24.3 Å². The molecule has 3 N–H and O–H groups in total. The van der Waals surface area contributed by atoms with Gasteiger partial charge in [-0.15, -0.1) is 0 Å². The summed E-state index contributed by atoms with van der Waals surface area (Å²) in [5, 5.41) is 7.94. The van der Waals surface area contributed by atoms with Crippen LogP contribution in [0.4, 0.5) is 10.1 Å². The van der Waals surface area contributed by atoms with Crippen LogP contribution in [0.1, 0.15) is 22.3 Å². The number of benzene rings is 2. The Balaban J connectivity index is 1.53. The molecule has 7 heteroatoms. The molecule has 3 amide bonds. The highest BCUT2D eigenvalue weighted by atomic mass is 19.1. The molecule has 1 aliphatic rings. The Morgan fingerprint density at radius 1 is 1.08 bits per heavy atom. The SMILES string of the molecule is O=C(C[C@@H]1NC(=O)c2ccccc2NC1=O)NCCc1ccc(F)cc1. The van der Waals surface area contributed by atoms with E-state index in [0.717, 1.165) is 5.56 Å². The number of hydrogen-bond donors (Lipinski definition) is 3. The minimum atomic E-state index is -0.944. The van der Waals surface area contributed by atoms with Gasteiger partial charge in [0.05, 0.1) is 17.7 Å². The quantitative estimate of drug-likeness (QED) is 0.762. The van der Waals surface area contributed by atoms with Gasteiger partial charge >= 0.3 is 0 Å². The first kappa shape index (κ1) is 17.6. The van der Waals surface area contributed by atoms with Crippen LogP contribution < -0.4 is 16.0 Å². The van der Waals surface area contributed by atoms with Crippen molar-refractivity contribution in [2.45, 2.75) is 18.9 Å². The molecule has 1 atom stereocenters. The van der Waals surface area contributed by atoms with Gasteiger partial charge in [-0.2, -0.15) is 0 Å². The van der Waals surface area contributed by atoms with Gasteiger partial charge < -0.3 is 16.0 Å². The number of halogens is 1. The predicted octanol–water partition coefficient (Wildman–Crippen LogP) is 1.63. The first-order chi connectivity index (χ1) is 12.5. The molecule has 1 aliphatic heterocycles. The van der Waals surface area contributed by atoms with E-state index >= 15 is 0 Å². The molecule has 6 nitrogen and oxygen atoms in total. The molecular formula is C19H18FN3O3. The molecule has 0 saturated heterocycles. The zero-order valence-corrected chi connectivity index (χ0v) is 13.9. The minimum absolute atomic E-state index is 0.158. The van der Waals surface area contributed by atoms with Crippen LogP contribution in [0.25, 0.3) is 0 Å². The highest BCUT2D eigenvalue weighted by Gasteiger charge is 2.29. The fraction of sp³-hybridized carbons (Fsp3) is 0.211. The first-order valence-corrected chi connectivity index (χ1v) is 8.25. The van der Waals surface area contributed by atoms with Crippen LogP contribution in [0.15, 0.2) is 48.5 Å². The Hall–Kier alpha value is -3.22. The van der Waals surface area contributed by atoms with E-state index in [0.29, 0.717) is 24.2 Å². The summed E-state index contributed by atoms with van der Waals surface area (Å²) in [7, 11) is 0. The van der Waals surface area contributed by atoms with Gasteiger partial charge in [0.25, 0.3) is 5.91 Å². The van der Waals surface area contributed by atoms with E-state index in [1.165, 1.54) is 12.1 Å². The van der Waals surface area contributed by atoms with Gasteiger partial charge in [0.15, 0.2) is 0 Å². The molecule has 134 valence electrons. The number of fused-ring (bicyclic) bond motifs is 1. The zero-order chi connectivity index (χ0) is 18.5. The van der Waals surface area contributed by atoms with E-state index in [9.17, 15) is 18.8 Å². The maximum Gasteiger partial charge on any atom is 0.254 e. The molecule has 0 fully saturated rings. The molecule has 0 spiro atoms. The molecule has 0 aromatic heterocycles. The third-order valence-electron chi connectivity index (χ3n) is 4.09. The summed E-state index contributed by atoms with van der Waals surface area (Å²) in [5.41, 5.74) is 1.68. The summed E-state index contributed by atoms with van der Waals surface area (Å²) in [4.78, 5) is 36.5. The fourth-order valence-corrected chi connectivity index (χ4v) is 2.71. The maximum atomic E-state index is 12.9. The second-order valence-corrected chi connectivity index (χ2v) is 5.99. The Kier molecular flexibility index (Phi) is 5.26. The summed E-state index contributed by atoms with van der Waals surface area (Å²) in [6.07, 6.45) is 0.385. The van der Waals surface area contributed by atoms with Crippen molar-refractivity contribution in [1.29, 1.82) is 0 Å². The van der Waals surface area contributed by atoms with E-state index in [1.807, 2.05) is 0 Å². The number of hydrogen-bond acceptors (Lipinski definition) is 3. The van der Waals surface area contributed by atoms with Crippen LogP contribution in [0.5, 0.6) is 0 Å². The smallest absolute Gasteiger partial charge is 0.254 e. The van der Waals surface area contributed by atoms with E-state index in [-0.39, 0.29) is 18.1 Å². The zero-order valence-electron chi connectivity index (χ0n) is 13.9. The number of nitrogens with one attached hydrogen (secondary N) is 3. The van der Waals surface area contributed by atoms with Gasteiger partial charge in [-0.25, -0.2) is 4.39 Å². The molecule has 3 rings (SSSR count). The van der Waals surface area contributed by atoms with Crippen molar-refractivity contribution in [2.24, 2.45) is 0 Å². The summed E-state index contributed by atoms with van der Waals surface area (Å²) >= 11 is 0.